The van der Waals surface area contributed by atoms with Gasteiger partial charge in [0.05, 0.1) is 0 Å². The van der Waals surface area contributed by atoms with Gasteiger partial charge in [0, 0.05) is 0 Å². The van der Waals surface area contributed by atoms with Gasteiger partial charge in [-0.2, -0.15) is 0 Å². The van der Waals surface area contributed by atoms with Crippen LogP contribution in [0, 0.1) is 19.3 Å². The van der Waals surface area contributed by atoms with Crippen LogP contribution in [0.1, 0.15) is 72.0 Å². The molecule has 4 aromatic carbocycles. The van der Waals surface area contributed by atoms with Crippen LogP contribution in [0.25, 0.3) is 28.3 Å². The molecule has 6 rings (SSSR count). The molecule has 2 aliphatic rings. The Morgan fingerprint density at radius 1 is 0.825 bits per heavy atom. The molecule has 0 saturated carbocycles. The van der Waals surface area contributed by atoms with Gasteiger partial charge in [-0.1, -0.05) is 0 Å². The van der Waals surface area contributed by atoms with E-state index >= 15 is 0 Å². The first-order valence-electron chi connectivity index (χ1n) is 14.4. The zero-order chi connectivity index (χ0) is 28.6. The fraction of sp³-hybridized carbons (Fsp3) is 0.278. The van der Waals surface area contributed by atoms with Crippen molar-refractivity contribution < 1.29 is 17.9 Å². The molecule has 40 heavy (non-hydrogen) atoms. The van der Waals surface area contributed by atoms with Gasteiger partial charge in [0.25, 0.3) is 0 Å². The van der Waals surface area contributed by atoms with Crippen molar-refractivity contribution in [2.75, 3.05) is 0 Å². The van der Waals surface area contributed by atoms with Gasteiger partial charge in [-0.25, -0.2) is 0 Å². The van der Waals surface area contributed by atoms with Crippen molar-refractivity contribution in [3.05, 3.63) is 106 Å². The molecule has 1 heterocycles. The molecule has 1 aliphatic heterocycles. The number of aryl methyl sites for hydroxylation is 2. The zero-order valence-corrected chi connectivity index (χ0v) is 30.0. The van der Waals surface area contributed by atoms with Crippen LogP contribution in [0.15, 0.2) is 78.4 Å². The third-order valence-corrected chi connectivity index (χ3v) is 23.0. The summed E-state index contributed by atoms with van der Waals surface area (Å²) in [4.78, 5) is 0. The van der Waals surface area contributed by atoms with Crippen molar-refractivity contribution >= 4 is 46.3 Å². The molecule has 1 unspecified atom stereocenters. The first-order chi connectivity index (χ1) is 18.9. The zero-order valence-electron chi connectivity index (χ0n) is 24.6. The maximum absolute atomic E-state index is 7.93. The van der Waals surface area contributed by atoms with Crippen LogP contribution in [0.5, 0.6) is 0 Å². The summed E-state index contributed by atoms with van der Waals surface area (Å²) in [5.41, 5.74) is 13.4. The Bertz CT molecular complexity index is 1670. The Balaban J connectivity index is 1.59. The monoisotopic (exact) mass is 658 g/mol. The number of fused-ring (bicyclic) bond motifs is 4. The Kier molecular flexibility index (Phi) is 7.27. The predicted octanol–water partition coefficient (Wildman–Crippen LogP) is 8.47. The fourth-order valence-corrected chi connectivity index (χ4v) is 24.2. The van der Waals surface area contributed by atoms with E-state index in [9.17, 15) is 0 Å². The van der Waals surface area contributed by atoms with Gasteiger partial charge in [-0.05, 0) is 0 Å². The number of halogens is 2. The number of benzene rings is 4. The van der Waals surface area contributed by atoms with Crippen LogP contribution in [0.3, 0.4) is 0 Å². The average molecular weight is 661 g/mol. The molecule has 0 fully saturated rings. The van der Waals surface area contributed by atoms with Crippen molar-refractivity contribution in [3.8, 4) is 22.3 Å². The third kappa shape index (κ3) is 4.68. The molecule has 4 aromatic rings. The van der Waals surface area contributed by atoms with Crippen LogP contribution >= 0.6 is 17.0 Å². The van der Waals surface area contributed by atoms with E-state index < -0.39 is 27.4 Å². The van der Waals surface area contributed by atoms with Crippen LogP contribution in [-0.2, 0) is 17.9 Å². The molecule has 0 bridgehead atoms. The van der Waals surface area contributed by atoms with Crippen LogP contribution in [-0.4, -0.2) is 9.52 Å². The van der Waals surface area contributed by atoms with Crippen molar-refractivity contribution in [2.45, 2.75) is 58.0 Å². The molecule has 0 spiro atoms. The van der Waals surface area contributed by atoms with E-state index in [1.165, 1.54) is 69.3 Å². The van der Waals surface area contributed by atoms with E-state index in [1.54, 1.807) is 0 Å². The Morgan fingerprint density at radius 2 is 1.50 bits per heavy atom. The fourth-order valence-electron chi connectivity index (χ4n) is 7.05. The molecular formula is C36H38Cl2SiZr. The van der Waals surface area contributed by atoms with Gasteiger partial charge in [0.15, 0.2) is 0 Å². The molecule has 0 N–H and O–H groups in total. The van der Waals surface area contributed by atoms with E-state index in [-0.39, 0.29) is 9.04 Å². The number of hydrogen-bond acceptors (Lipinski definition) is 0. The van der Waals surface area contributed by atoms with Gasteiger partial charge in [-0.3, -0.25) is 0 Å². The summed E-state index contributed by atoms with van der Waals surface area (Å²) in [6, 6.07) is 27.3. The molecule has 0 amide bonds. The predicted molar refractivity (Wildman–Crippen MR) is 177 cm³/mol. The summed E-state index contributed by atoms with van der Waals surface area (Å²) in [7, 11) is 15.2. The molecule has 1 atom stereocenters. The van der Waals surface area contributed by atoms with E-state index in [4.69, 9.17) is 17.0 Å². The number of allylic oxidation sites excluding steroid dienone is 1. The van der Waals surface area contributed by atoms with Gasteiger partial charge < -0.3 is 0 Å². The molecule has 0 saturated heterocycles. The molecule has 204 valence electrons. The van der Waals surface area contributed by atoms with E-state index in [0.717, 1.165) is 0 Å². The van der Waals surface area contributed by atoms with Crippen molar-refractivity contribution in [3.63, 3.8) is 0 Å². The molecule has 4 heteroatoms. The van der Waals surface area contributed by atoms with Gasteiger partial charge in [-0.15, -0.1) is 0 Å². The first-order valence-corrected chi connectivity index (χ1v) is 24.8. The molecule has 0 radical (unpaired) electrons. The second-order valence-electron chi connectivity index (χ2n) is 13.1. The average Bonchev–Trinajstić information content (AvgIpc) is 3.46. The topological polar surface area (TPSA) is 0 Å². The van der Waals surface area contributed by atoms with E-state index in [2.05, 4.69) is 127 Å². The first kappa shape index (κ1) is 28.4. The summed E-state index contributed by atoms with van der Waals surface area (Å²) < 4.78 is 1.37. The van der Waals surface area contributed by atoms with Crippen LogP contribution in [0.4, 0.5) is 0 Å². The normalized spacial score (nSPS) is 16.8. The minimum atomic E-state index is -4.05. The second kappa shape index (κ2) is 10.2. The van der Waals surface area contributed by atoms with Gasteiger partial charge in [0.2, 0.25) is 0 Å². The molecule has 0 aromatic heterocycles. The Hall–Kier alpha value is -1.70. The summed E-state index contributed by atoms with van der Waals surface area (Å²) in [6.45, 7) is 16.0. The van der Waals surface area contributed by atoms with Crippen LogP contribution < -0.4 is 13.6 Å². The quantitative estimate of drug-likeness (QED) is 0.170. The SMILES string of the molecule is Cc1cc(C)cc(-c2c(C(C)C)ccc3c2C=C(C(C)(C)C)[CH]3[Zr]([Cl])([Cl])[c]2cccc3c2[SiH2]c2ccccc2-3)c1. The molecular weight excluding hydrogens is 623 g/mol. The third-order valence-electron chi connectivity index (χ3n) is 8.80. The Labute approximate surface area is 254 Å². The van der Waals surface area contributed by atoms with Gasteiger partial charge >= 0.3 is 256 Å². The minimum absolute atomic E-state index is 0.0498. The Morgan fingerprint density at radius 3 is 2.17 bits per heavy atom. The maximum atomic E-state index is 7.93. The van der Waals surface area contributed by atoms with E-state index in [1.807, 2.05) is 0 Å². The number of rotatable bonds is 4. The second-order valence-corrected chi connectivity index (χ2v) is 29.0. The molecule has 1 aliphatic carbocycles. The standard InChI is InChI=1S/C24H29.C12H9Si.2ClH.Zr/c1-15(2)21-9-8-18-13-20(24(5,6)7)14-22(18)23(21)19-11-16(3)10-17(4)12-19;1-3-7-11-9(5-1)10-6-2-4-8-12(10)13-11;;;/h8-15H,1-7H3;1-7H,13H2;2*1H;/q;;;;+2/p-2. The van der Waals surface area contributed by atoms with Gasteiger partial charge in [0.1, 0.15) is 0 Å². The van der Waals surface area contributed by atoms with E-state index in [0.29, 0.717) is 5.92 Å². The van der Waals surface area contributed by atoms with Crippen LogP contribution in [0.2, 0.25) is 0 Å². The summed E-state index contributed by atoms with van der Waals surface area (Å²) in [6.07, 6.45) is 2.48. The summed E-state index contributed by atoms with van der Waals surface area (Å²) >= 11 is -4.05. The van der Waals surface area contributed by atoms with Crippen molar-refractivity contribution in [2.24, 2.45) is 5.41 Å². The number of hydrogen-bond donors (Lipinski definition) is 0. The van der Waals surface area contributed by atoms with Crippen molar-refractivity contribution in [1.29, 1.82) is 0 Å². The summed E-state index contributed by atoms with van der Waals surface area (Å²) in [5, 5.41) is 3.00. The molecule has 0 nitrogen and oxygen atoms in total. The summed E-state index contributed by atoms with van der Waals surface area (Å²) in [5.74, 6) is 0.411. The van der Waals surface area contributed by atoms with Crippen molar-refractivity contribution in [1.82, 2.24) is 0 Å².